The molecular formula is C15H21BrN2O4. The number of carbonyl (C=O) groups excluding carboxylic acids is 1. The van der Waals surface area contributed by atoms with Crippen LogP contribution < -0.4 is 14.8 Å². The smallest absolute Gasteiger partial charge is 0.251 e. The van der Waals surface area contributed by atoms with Crippen LogP contribution in [0.25, 0.3) is 0 Å². The van der Waals surface area contributed by atoms with Gasteiger partial charge in [-0.25, -0.2) is 0 Å². The highest BCUT2D eigenvalue weighted by atomic mass is 79.9. The second-order valence-corrected chi connectivity index (χ2v) is 5.75. The van der Waals surface area contributed by atoms with E-state index in [0.29, 0.717) is 54.4 Å². The number of amides is 1. The lowest BCUT2D eigenvalue weighted by Crippen LogP contribution is -2.36. The van der Waals surface area contributed by atoms with Crippen LogP contribution in [0, 0.1) is 0 Å². The Morgan fingerprint density at radius 2 is 2.14 bits per heavy atom. The first kappa shape index (κ1) is 17.1. The third kappa shape index (κ3) is 4.34. The molecule has 22 heavy (non-hydrogen) atoms. The van der Waals surface area contributed by atoms with Crippen LogP contribution in [0.3, 0.4) is 0 Å². The van der Waals surface area contributed by atoms with Crippen molar-refractivity contribution in [3.05, 3.63) is 22.2 Å². The molecule has 6 nitrogen and oxygen atoms in total. The predicted octanol–water partition coefficient (Wildman–Crippen LogP) is 1.26. The fourth-order valence-electron chi connectivity index (χ4n) is 2.24. The minimum Gasteiger partial charge on any atom is -0.486 e. The number of nitrogens with one attached hydrogen (secondary N) is 1. The molecule has 1 amide bonds. The van der Waals surface area contributed by atoms with Gasteiger partial charge in [0.1, 0.15) is 13.2 Å². The summed E-state index contributed by atoms with van der Waals surface area (Å²) in [5, 5.41) is 11.8. The van der Waals surface area contributed by atoms with E-state index < -0.39 is 0 Å². The number of nitrogens with zero attached hydrogens (tertiary/aromatic N) is 1. The number of carbonyl (C=O) groups is 1. The zero-order chi connectivity index (χ0) is 15.9. The van der Waals surface area contributed by atoms with Crippen molar-refractivity contribution in [2.45, 2.75) is 6.92 Å². The van der Waals surface area contributed by atoms with Crippen molar-refractivity contribution in [3.8, 4) is 11.5 Å². The average Bonchev–Trinajstić information content (AvgIpc) is 2.53. The maximum atomic E-state index is 12.2. The molecular weight excluding hydrogens is 352 g/mol. The fourth-order valence-corrected chi connectivity index (χ4v) is 2.80. The van der Waals surface area contributed by atoms with Gasteiger partial charge in [0.25, 0.3) is 5.91 Å². The van der Waals surface area contributed by atoms with Crippen LogP contribution in [-0.4, -0.2) is 61.9 Å². The van der Waals surface area contributed by atoms with E-state index in [1.807, 2.05) is 6.92 Å². The van der Waals surface area contributed by atoms with Crippen molar-refractivity contribution >= 4 is 21.8 Å². The lowest BCUT2D eigenvalue weighted by molar-refractivity contribution is 0.0946. The number of benzene rings is 1. The van der Waals surface area contributed by atoms with E-state index in [1.165, 1.54) is 0 Å². The molecule has 0 radical (unpaired) electrons. The molecule has 0 aliphatic carbocycles. The van der Waals surface area contributed by atoms with Crippen LogP contribution in [-0.2, 0) is 0 Å². The highest BCUT2D eigenvalue weighted by molar-refractivity contribution is 9.10. The number of likely N-dealkylation sites (N-methyl/N-ethyl adjacent to an activating group) is 1. The number of aliphatic hydroxyl groups excluding tert-OH is 1. The maximum absolute atomic E-state index is 12.2. The third-order valence-electron chi connectivity index (χ3n) is 3.44. The summed E-state index contributed by atoms with van der Waals surface area (Å²) in [7, 11) is 0. The third-order valence-corrected chi connectivity index (χ3v) is 4.03. The summed E-state index contributed by atoms with van der Waals surface area (Å²) in [6.45, 7) is 5.82. The molecule has 122 valence electrons. The number of ether oxygens (including phenoxy) is 2. The van der Waals surface area contributed by atoms with Gasteiger partial charge in [-0.15, -0.1) is 0 Å². The van der Waals surface area contributed by atoms with E-state index in [9.17, 15) is 4.79 Å². The second-order valence-electron chi connectivity index (χ2n) is 4.90. The molecule has 1 aliphatic rings. The summed E-state index contributed by atoms with van der Waals surface area (Å²) < 4.78 is 11.7. The monoisotopic (exact) mass is 372 g/mol. The van der Waals surface area contributed by atoms with Gasteiger partial charge in [-0.2, -0.15) is 0 Å². The van der Waals surface area contributed by atoms with E-state index in [1.54, 1.807) is 12.1 Å². The van der Waals surface area contributed by atoms with Gasteiger partial charge in [0, 0.05) is 25.2 Å². The molecule has 0 bridgehead atoms. The van der Waals surface area contributed by atoms with E-state index in [0.717, 1.165) is 6.54 Å². The van der Waals surface area contributed by atoms with Gasteiger partial charge in [0.15, 0.2) is 11.5 Å². The Morgan fingerprint density at radius 1 is 1.36 bits per heavy atom. The summed E-state index contributed by atoms with van der Waals surface area (Å²) in [6, 6.07) is 3.42. The summed E-state index contributed by atoms with van der Waals surface area (Å²) in [5.74, 6) is 1.07. The van der Waals surface area contributed by atoms with Gasteiger partial charge < -0.3 is 19.9 Å². The van der Waals surface area contributed by atoms with Gasteiger partial charge in [0.05, 0.1) is 11.1 Å². The minimum atomic E-state index is -0.155. The zero-order valence-corrected chi connectivity index (χ0v) is 14.2. The van der Waals surface area contributed by atoms with Gasteiger partial charge in [0.2, 0.25) is 0 Å². The van der Waals surface area contributed by atoms with Gasteiger partial charge in [-0.3, -0.25) is 9.69 Å². The van der Waals surface area contributed by atoms with Crippen LogP contribution in [0.1, 0.15) is 17.3 Å². The van der Waals surface area contributed by atoms with Crippen molar-refractivity contribution in [1.29, 1.82) is 0 Å². The Labute approximate surface area is 138 Å². The molecule has 1 aromatic carbocycles. The van der Waals surface area contributed by atoms with Crippen molar-refractivity contribution < 1.29 is 19.4 Å². The molecule has 0 fully saturated rings. The molecule has 0 spiro atoms. The SMILES string of the molecule is CCN(CCO)CCNC(=O)c1cc(Br)c2c(c1)OCCO2. The van der Waals surface area contributed by atoms with Crippen LogP contribution in [0.15, 0.2) is 16.6 Å². The molecule has 0 atom stereocenters. The Hall–Kier alpha value is -1.31. The number of rotatable bonds is 7. The zero-order valence-electron chi connectivity index (χ0n) is 12.6. The van der Waals surface area contributed by atoms with Gasteiger partial charge in [-0.05, 0) is 34.6 Å². The van der Waals surface area contributed by atoms with E-state index in [2.05, 4.69) is 26.1 Å². The molecule has 0 unspecified atom stereocenters. The van der Waals surface area contributed by atoms with E-state index in [-0.39, 0.29) is 12.5 Å². The predicted molar refractivity (Wildman–Crippen MR) is 86.7 cm³/mol. The molecule has 7 heteroatoms. The first-order chi connectivity index (χ1) is 10.7. The standard InChI is InChI=1S/C15H21BrN2O4/c1-2-18(5-6-19)4-3-17-15(20)11-9-12(16)14-13(10-11)21-7-8-22-14/h9-10,19H,2-8H2,1H3,(H,17,20). The highest BCUT2D eigenvalue weighted by Gasteiger charge is 2.18. The van der Waals surface area contributed by atoms with Crippen molar-refractivity contribution in [3.63, 3.8) is 0 Å². The Morgan fingerprint density at radius 3 is 2.86 bits per heavy atom. The summed E-state index contributed by atoms with van der Waals surface area (Å²) in [5.41, 5.74) is 0.529. The number of aliphatic hydroxyl groups is 1. The Bertz CT molecular complexity index is 525. The maximum Gasteiger partial charge on any atom is 0.251 e. The van der Waals surface area contributed by atoms with Crippen LogP contribution >= 0.6 is 15.9 Å². The van der Waals surface area contributed by atoms with E-state index in [4.69, 9.17) is 14.6 Å². The van der Waals surface area contributed by atoms with Crippen LogP contribution in [0.2, 0.25) is 0 Å². The average molecular weight is 373 g/mol. The molecule has 1 aromatic rings. The second kappa shape index (κ2) is 8.36. The quantitative estimate of drug-likeness (QED) is 0.753. The molecule has 0 saturated carbocycles. The van der Waals surface area contributed by atoms with Crippen LogP contribution in [0.4, 0.5) is 0 Å². The van der Waals surface area contributed by atoms with Crippen molar-refractivity contribution in [1.82, 2.24) is 10.2 Å². The molecule has 0 aromatic heterocycles. The summed E-state index contributed by atoms with van der Waals surface area (Å²) in [6.07, 6.45) is 0. The first-order valence-corrected chi connectivity index (χ1v) is 8.15. The largest absolute Gasteiger partial charge is 0.486 e. The lowest BCUT2D eigenvalue weighted by Gasteiger charge is -2.21. The van der Waals surface area contributed by atoms with E-state index >= 15 is 0 Å². The number of hydrogen-bond acceptors (Lipinski definition) is 5. The number of fused-ring (bicyclic) bond motifs is 1. The summed E-state index contributed by atoms with van der Waals surface area (Å²) in [4.78, 5) is 14.3. The normalized spacial score (nSPS) is 13.3. The Balaban J connectivity index is 1.94. The molecule has 1 aliphatic heterocycles. The fraction of sp³-hybridized carbons (Fsp3) is 0.533. The van der Waals surface area contributed by atoms with Crippen LogP contribution in [0.5, 0.6) is 11.5 Å². The minimum absolute atomic E-state index is 0.122. The molecule has 0 saturated heterocycles. The molecule has 1 heterocycles. The van der Waals surface area contributed by atoms with Crippen molar-refractivity contribution in [2.24, 2.45) is 0 Å². The highest BCUT2D eigenvalue weighted by Crippen LogP contribution is 2.38. The Kier molecular flexibility index (Phi) is 6.48. The number of halogens is 1. The van der Waals surface area contributed by atoms with Gasteiger partial charge in [-0.1, -0.05) is 6.92 Å². The number of hydrogen-bond donors (Lipinski definition) is 2. The summed E-state index contributed by atoms with van der Waals surface area (Å²) >= 11 is 3.40. The van der Waals surface area contributed by atoms with Crippen molar-refractivity contribution in [2.75, 3.05) is 46.0 Å². The topological polar surface area (TPSA) is 71.0 Å². The lowest BCUT2D eigenvalue weighted by atomic mass is 10.2. The molecule has 2 N–H and O–H groups in total. The first-order valence-electron chi connectivity index (χ1n) is 7.36. The van der Waals surface area contributed by atoms with Gasteiger partial charge >= 0.3 is 0 Å². The molecule has 2 rings (SSSR count).